The van der Waals surface area contributed by atoms with Crippen LogP contribution in [-0.2, 0) is 14.2 Å². The normalized spacial score (nSPS) is 26.4. The van der Waals surface area contributed by atoms with Crippen molar-refractivity contribution in [2.24, 2.45) is 0 Å². The van der Waals surface area contributed by atoms with Gasteiger partial charge in [-0.05, 0) is 25.1 Å². The van der Waals surface area contributed by atoms with Crippen molar-refractivity contribution in [2.45, 2.75) is 25.2 Å². The molecular formula is C14H16O4. The molecule has 96 valence electrons. The molecule has 0 unspecified atom stereocenters. The molecule has 18 heavy (non-hydrogen) atoms. The largest absolute Gasteiger partial charge is 0.495 e. The fourth-order valence-corrected chi connectivity index (χ4v) is 1.84. The first-order valence-electron chi connectivity index (χ1n) is 5.83. The Labute approximate surface area is 106 Å². The third-order valence-corrected chi connectivity index (χ3v) is 2.87. The third kappa shape index (κ3) is 2.71. The van der Waals surface area contributed by atoms with Gasteiger partial charge in [-0.15, -0.1) is 0 Å². The van der Waals surface area contributed by atoms with E-state index in [-0.39, 0.29) is 18.2 Å². The molecule has 4 nitrogen and oxygen atoms in total. The Morgan fingerprint density at radius 1 is 1.28 bits per heavy atom. The fourth-order valence-electron chi connectivity index (χ4n) is 1.84. The van der Waals surface area contributed by atoms with Gasteiger partial charge in [-0.25, -0.2) is 4.79 Å². The van der Waals surface area contributed by atoms with Gasteiger partial charge in [-0.1, -0.05) is 18.2 Å². The van der Waals surface area contributed by atoms with Crippen LogP contribution in [0.5, 0.6) is 0 Å². The summed E-state index contributed by atoms with van der Waals surface area (Å²) in [4.78, 5) is 12.0. The molecule has 1 heterocycles. The number of esters is 1. The van der Waals surface area contributed by atoms with E-state index in [1.807, 2.05) is 13.0 Å². The van der Waals surface area contributed by atoms with Crippen LogP contribution >= 0.6 is 0 Å². The number of benzene rings is 1. The number of ether oxygens (including phenoxy) is 3. The fraction of sp³-hybridized carbons (Fsp3) is 0.357. The van der Waals surface area contributed by atoms with Crippen LogP contribution in [0.3, 0.4) is 0 Å². The maximum atomic E-state index is 12.0. The zero-order chi connectivity index (χ0) is 13.0. The summed E-state index contributed by atoms with van der Waals surface area (Å²) in [5, 5.41) is 0. The van der Waals surface area contributed by atoms with Crippen molar-refractivity contribution in [2.75, 3.05) is 7.11 Å². The molecular weight excluding hydrogens is 232 g/mol. The first kappa shape index (κ1) is 12.6. The van der Waals surface area contributed by atoms with E-state index in [1.165, 1.54) is 0 Å². The van der Waals surface area contributed by atoms with Gasteiger partial charge in [-0.3, -0.25) is 0 Å². The molecule has 0 bridgehead atoms. The molecule has 0 aliphatic carbocycles. The molecule has 0 aromatic heterocycles. The second-order valence-corrected chi connectivity index (χ2v) is 4.11. The quantitative estimate of drug-likeness (QED) is 0.769. The van der Waals surface area contributed by atoms with Crippen LogP contribution < -0.4 is 0 Å². The average molecular weight is 248 g/mol. The highest BCUT2D eigenvalue weighted by molar-refractivity contribution is 5.89. The van der Waals surface area contributed by atoms with Crippen molar-refractivity contribution < 1.29 is 19.0 Å². The van der Waals surface area contributed by atoms with E-state index in [0.717, 1.165) is 0 Å². The first-order chi connectivity index (χ1) is 8.72. The van der Waals surface area contributed by atoms with E-state index < -0.39 is 6.10 Å². The van der Waals surface area contributed by atoms with Gasteiger partial charge in [0.15, 0.2) is 6.10 Å². The third-order valence-electron chi connectivity index (χ3n) is 2.87. The molecule has 1 aromatic rings. The van der Waals surface area contributed by atoms with E-state index in [9.17, 15) is 4.79 Å². The Morgan fingerprint density at radius 3 is 2.67 bits per heavy atom. The molecule has 0 spiro atoms. The molecule has 4 heteroatoms. The Morgan fingerprint density at radius 2 is 2.00 bits per heavy atom. The van der Waals surface area contributed by atoms with Gasteiger partial charge in [0.25, 0.3) is 0 Å². The lowest BCUT2D eigenvalue weighted by Crippen LogP contribution is -2.42. The molecule has 3 atom stereocenters. The van der Waals surface area contributed by atoms with E-state index in [2.05, 4.69) is 0 Å². The lowest BCUT2D eigenvalue weighted by atomic mass is 10.1. The lowest BCUT2D eigenvalue weighted by molar-refractivity contribution is -0.0812. The zero-order valence-corrected chi connectivity index (χ0v) is 10.4. The molecule has 1 aliphatic rings. The minimum atomic E-state index is -0.437. The Kier molecular flexibility index (Phi) is 3.99. The standard InChI is InChI=1S/C14H16O4/c1-10-13(12(16-2)8-9-17-10)18-14(15)11-6-4-3-5-7-11/h3-10,12-13H,1-2H3/t10-,12-,13-/m0/s1. The van der Waals surface area contributed by atoms with E-state index in [0.29, 0.717) is 5.56 Å². The van der Waals surface area contributed by atoms with Crippen molar-refractivity contribution in [1.29, 1.82) is 0 Å². The van der Waals surface area contributed by atoms with Crippen molar-refractivity contribution >= 4 is 5.97 Å². The summed E-state index contributed by atoms with van der Waals surface area (Å²) in [7, 11) is 1.58. The van der Waals surface area contributed by atoms with Crippen molar-refractivity contribution in [3.05, 3.63) is 48.2 Å². The topological polar surface area (TPSA) is 44.8 Å². The molecule has 0 saturated heterocycles. The van der Waals surface area contributed by atoms with E-state index in [1.54, 1.807) is 43.7 Å². The predicted octanol–water partition coefficient (Wildman–Crippen LogP) is 2.16. The maximum absolute atomic E-state index is 12.0. The second-order valence-electron chi connectivity index (χ2n) is 4.11. The highest BCUT2D eigenvalue weighted by atomic mass is 16.6. The molecule has 1 aromatic carbocycles. The molecule has 1 aliphatic heterocycles. The van der Waals surface area contributed by atoms with Crippen molar-refractivity contribution in [3.8, 4) is 0 Å². The summed E-state index contributed by atoms with van der Waals surface area (Å²) in [6, 6.07) is 8.88. The van der Waals surface area contributed by atoms with Gasteiger partial charge in [0.05, 0.1) is 11.8 Å². The van der Waals surface area contributed by atoms with Gasteiger partial charge >= 0.3 is 5.97 Å². The molecule has 0 amide bonds. The summed E-state index contributed by atoms with van der Waals surface area (Å²) in [5.74, 6) is -0.367. The van der Waals surface area contributed by atoms with Gasteiger partial charge in [0, 0.05) is 7.11 Å². The number of methoxy groups -OCH3 is 1. The number of rotatable bonds is 3. The van der Waals surface area contributed by atoms with Gasteiger partial charge in [0.1, 0.15) is 12.2 Å². The van der Waals surface area contributed by atoms with Crippen molar-refractivity contribution in [3.63, 3.8) is 0 Å². The van der Waals surface area contributed by atoms with Crippen molar-refractivity contribution in [1.82, 2.24) is 0 Å². The summed E-state index contributed by atoms with van der Waals surface area (Å²) in [5.41, 5.74) is 0.522. The Hall–Kier alpha value is -1.81. The highest BCUT2D eigenvalue weighted by Crippen LogP contribution is 2.19. The molecule has 0 radical (unpaired) electrons. The van der Waals surface area contributed by atoms with Gasteiger partial charge in [0.2, 0.25) is 0 Å². The first-order valence-corrected chi connectivity index (χ1v) is 5.83. The highest BCUT2D eigenvalue weighted by Gasteiger charge is 2.33. The predicted molar refractivity (Wildman–Crippen MR) is 66.1 cm³/mol. The number of carbonyl (C=O) groups excluding carboxylic acids is 1. The van der Waals surface area contributed by atoms with Gasteiger partial charge < -0.3 is 14.2 Å². The molecule has 0 N–H and O–H groups in total. The molecule has 2 rings (SSSR count). The monoisotopic (exact) mass is 248 g/mol. The molecule has 0 fully saturated rings. The SMILES string of the molecule is CO[C@H]1C=CO[C@@H](C)[C@@H]1OC(=O)c1ccccc1. The maximum Gasteiger partial charge on any atom is 0.338 e. The van der Waals surface area contributed by atoms with Crippen LogP contribution in [0.15, 0.2) is 42.7 Å². The van der Waals surface area contributed by atoms with Crippen LogP contribution in [0.25, 0.3) is 0 Å². The van der Waals surface area contributed by atoms with E-state index in [4.69, 9.17) is 14.2 Å². The smallest absolute Gasteiger partial charge is 0.338 e. The summed E-state index contributed by atoms with van der Waals surface area (Å²) in [6.45, 7) is 1.85. The van der Waals surface area contributed by atoms with E-state index >= 15 is 0 Å². The summed E-state index contributed by atoms with van der Waals surface area (Å²) in [6.07, 6.45) is 2.37. The minimum absolute atomic E-state index is 0.229. The van der Waals surface area contributed by atoms with Crippen LogP contribution in [0.4, 0.5) is 0 Å². The summed E-state index contributed by atoms with van der Waals surface area (Å²) < 4.78 is 16.0. The molecule has 0 saturated carbocycles. The number of hydrogen-bond donors (Lipinski definition) is 0. The van der Waals surface area contributed by atoms with Crippen LogP contribution in [-0.4, -0.2) is 31.4 Å². The van der Waals surface area contributed by atoms with Crippen LogP contribution in [0.1, 0.15) is 17.3 Å². The minimum Gasteiger partial charge on any atom is -0.495 e. The summed E-state index contributed by atoms with van der Waals surface area (Å²) >= 11 is 0. The average Bonchev–Trinajstić information content (AvgIpc) is 2.42. The Bertz CT molecular complexity index is 427. The van der Waals surface area contributed by atoms with Crippen LogP contribution in [0, 0.1) is 0 Å². The van der Waals surface area contributed by atoms with Gasteiger partial charge in [-0.2, -0.15) is 0 Å². The Balaban J connectivity index is 2.08. The number of hydrogen-bond acceptors (Lipinski definition) is 4. The lowest BCUT2D eigenvalue weighted by Gasteiger charge is -2.31. The second kappa shape index (κ2) is 5.69. The zero-order valence-electron chi connectivity index (χ0n) is 10.4. The number of carbonyl (C=O) groups is 1. The van der Waals surface area contributed by atoms with Crippen LogP contribution in [0.2, 0.25) is 0 Å².